The third-order valence-corrected chi connectivity index (χ3v) is 3.23. The molecular weight excluding hydrogens is 346 g/mol. The summed E-state index contributed by atoms with van der Waals surface area (Å²) in [6, 6.07) is 14.5. The van der Waals surface area contributed by atoms with Crippen molar-refractivity contribution in [2.24, 2.45) is 0 Å². The molecule has 0 aliphatic heterocycles. The molecule has 0 fully saturated rings. The number of nitrogens with one attached hydrogen (secondary N) is 1. The smallest absolute Gasteiger partial charge is 0.262 e. The van der Waals surface area contributed by atoms with E-state index in [0.29, 0.717) is 23.8 Å². The molecule has 0 aromatic heterocycles. The van der Waals surface area contributed by atoms with Gasteiger partial charge < -0.3 is 14.8 Å². The van der Waals surface area contributed by atoms with Crippen LogP contribution in [-0.2, 0) is 4.79 Å². The minimum atomic E-state index is -0.252. The SMILES string of the molecule is C=CCOc1ccccc1NC(=O)COc1ccc(Br)cc1. The van der Waals surface area contributed by atoms with E-state index in [1.54, 1.807) is 30.3 Å². The second-order valence-corrected chi connectivity index (χ2v) is 5.30. The molecule has 0 bridgehead atoms. The Morgan fingerprint density at radius 1 is 1.14 bits per heavy atom. The molecule has 0 saturated heterocycles. The molecule has 0 radical (unpaired) electrons. The monoisotopic (exact) mass is 361 g/mol. The fourth-order valence-electron chi connectivity index (χ4n) is 1.71. The van der Waals surface area contributed by atoms with E-state index in [1.165, 1.54) is 0 Å². The van der Waals surface area contributed by atoms with Crippen molar-refractivity contribution in [1.29, 1.82) is 0 Å². The molecule has 2 aromatic rings. The molecular formula is C17H16BrNO3. The minimum absolute atomic E-state index is 0.0720. The first-order valence-electron chi connectivity index (χ1n) is 6.70. The van der Waals surface area contributed by atoms with Gasteiger partial charge in [-0.25, -0.2) is 0 Å². The Morgan fingerprint density at radius 2 is 1.86 bits per heavy atom. The van der Waals surface area contributed by atoms with Crippen molar-refractivity contribution < 1.29 is 14.3 Å². The van der Waals surface area contributed by atoms with Gasteiger partial charge in [0.1, 0.15) is 18.1 Å². The first-order valence-corrected chi connectivity index (χ1v) is 7.49. The van der Waals surface area contributed by atoms with Gasteiger partial charge in [-0.3, -0.25) is 4.79 Å². The highest BCUT2D eigenvalue weighted by atomic mass is 79.9. The zero-order chi connectivity index (χ0) is 15.8. The van der Waals surface area contributed by atoms with Crippen LogP contribution in [0, 0.1) is 0 Å². The first kappa shape index (κ1) is 16.1. The zero-order valence-electron chi connectivity index (χ0n) is 11.9. The summed E-state index contributed by atoms with van der Waals surface area (Å²) < 4.78 is 11.9. The van der Waals surface area contributed by atoms with Crippen molar-refractivity contribution in [3.63, 3.8) is 0 Å². The van der Waals surface area contributed by atoms with E-state index in [1.807, 2.05) is 24.3 Å². The molecule has 2 rings (SSSR count). The number of hydrogen-bond donors (Lipinski definition) is 1. The van der Waals surface area contributed by atoms with Crippen molar-refractivity contribution in [2.75, 3.05) is 18.5 Å². The van der Waals surface area contributed by atoms with Gasteiger partial charge in [0.2, 0.25) is 0 Å². The minimum Gasteiger partial charge on any atom is -0.487 e. The molecule has 1 amide bonds. The number of carbonyl (C=O) groups excluding carboxylic acids is 1. The van der Waals surface area contributed by atoms with Gasteiger partial charge in [0, 0.05) is 4.47 Å². The Labute approximate surface area is 137 Å². The van der Waals surface area contributed by atoms with Gasteiger partial charge in [-0.1, -0.05) is 40.7 Å². The van der Waals surface area contributed by atoms with Crippen LogP contribution in [0.2, 0.25) is 0 Å². The Morgan fingerprint density at radius 3 is 2.59 bits per heavy atom. The Kier molecular flexibility index (Phi) is 6.03. The molecule has 4 nitrogen and oxygen atoms in total. The predicted molar refractivity (Wildman–Crippen MR) is 90.4 cm³/mol. The summed E-state index contributed by atoms with van der Waals surface area (Å²) in [6.45, 7) is 3.91. The predicted octanol–water partition coefficient (Wildman–Crippen LogP) is 4.03. The highest BCUT2D eigenvalue weighted by molar-refractivity contribution is 9.10. The van der Waals surface area contributed by atoms with Crippen LogP contribution in [0.1, 0.15) is 0 Å². The average Bonchev–Trinajstić information content (AvgIpc) is 2.53. The molecule has 0 aliphatic rings. The molecule has 0 aliphatic carbocycles. The van der Waals surface area contributed by atoms with Gasteiger partial charge in [-0.15, -0.1) is 0 Å². The number of ether oxygens (including phenoxy) is 2. The average molecular weight is 362 g/mol. The quantitative estimate of drug-likeness (QED) is 0.757. The normalized spacial score (nSPS) is 9.86. The highest BCUT2D eigenvalue weighted by Gasteiger charge is 2.08. The third kappa shape index (κ3) is 4.93. The van der Waals surface area contributed by atoms with Gasteiger partial charge in [-0.05, 0) is 36.4 Å². The van der Waals surface area contributed by atoms with E-state index in [2.05, 4.69) is 27.8 Å². The molecule has 1 N–H and O–H groups in total. The fourth-order valence-corrected chi connectivity index (χ4v) is 1.97. The third-order valence-electron chi connectivity index (χ3n) is 2.70. The lowest BCUT2D eigenvalue weighted by Crippen LogP contribution is -2.20. The van der Waals surface area contributed by atoms with E-state index in [9.17, 15) is 4.79 Å². The van der Waals surface area contributed by atoms with Crippen LogP contribution < -0.4 is 14.8 Å². The molecule has 5 heteroatoms. The number of carbonyl (C=O) groups is 1. The topological polar surface area (TPSA) is 47.6 Å². The van der Waals surface area contributed by atoms with E-state index in [-0.39, 0.29) is 12.5 Å². The van der Waals surface area contributed by atoms with Crippen molar-refractivity contribution >= 4 is 27.5 Å². The van der Waals surface area contributed by atoms with Gasteiger partial charge in [0.25, 0.3) is 5.91 Å². The molecule has 2 aromatic carbocycles. The Bertz CT molecular complexity index is 641. The van der Waals surface area contributed by atoms with Crippen LogP contribution in [0.5, 0.6) is 11.5 Å². The molecule has 0 heterocycles. The van der Waals surface area contributed by atoms with Crippen LogP contribution in [-0.4, -0.2) is 19.1 Å². The molecule has 0 atom stereocenters. The van der Waals surface area contributed by atoms with Crippen LogP contribution in [0.25, 0.3) is 0 Å². The van der Waals surface area contributed by atoms with Crippen LogP contribution in [0.15, 0.2) is 65.7 Å². The maximum Gasteiger partial charge on any atom is 0.262 e. The summed E-state index contributed by atoms with van der Waals surface area (Å²) in [7, 11) is 0. The van der Waals surface area contributed by atoms with E-state index in [0.717, 1.165) is 4.47 Å². The van der Waals surface area contributed by atoms with Crippen LogP contribution in [0.4, 0.5) is 5.69 Å². The Balaban J connectivity index is 1.91. The second-order valence-electron chi connectivity index (χ2n) is 4.39. The molecule has 0 spiro atoms. The van der Waals surface area contributed by atoms with E-state index >= 15 is 0 Å². The highest BCUT2D eigenvalue weighted by Crippen LogP contribution is 2.23. The lowest BCUT2D eigenvalue weighted by Gasteiger charge is -2.12. The standard InChI is InChI=1S/C17H16BrNO3/c1-2-11-21-16-6-4-3-5-15(16)19-17(20)12-22-14-9-7-13(18)8-10-14/h2-10H,1,11-12H2,(H,19,20). The summed E-state index contributed by atoms with van der Waals surface area (Å²) in [4.78, 5) is 12.0. The van der Waals surface area contributed by atoms with E-state index < -0.39 is 0 Å². The molecule has 22 heavy (non-hydrogen) atoms. The second kappa shape index (κ2) is 8.24. The zero-order valence-corrected chi connectivity index (χ0v) is 13.5. The number of rotatable bonds is 7. The van der Waals surface area contributed by atoms with Crippen molar-refractivity contribution in [2.45, 2.75) is 0 Å². The van der Waals surface area contributed by atoms with Gasteiger partial charge in [-0.2, -0.15) is 0 Å². The first-order chi connectivity index (χ1) is 10.7. The van der Waals surface area contributed by atoms with Gasteiger partial charge in [0.15, 0.2) is 6.61 Å². The lowest BCUT2D eigenvalue weighted by molar-refractivity contribution is -0.118. The summed E-state index contributed by atoms with van der Waals surface area (Å²) in [5.74, 6) is 0.978. The number of amides is 1. The number of benzene rings is 2. The summed E-state index contributed by atoms with van der Waals surface area (Å²) in [5, 5.41) is 2.77. The van der Waals surface area contributed by atoms with Crippen molar-refractivity contribution in [3.8, 4) is 11.5 Å². The van der Waals surface area contributed by atoms with Gasteiger partial charge in [0.05, 0.1) is 5.69 Å². The van der Waals surface area contributed by atoms with Crippen molar-refractivity contribution in [3.05, 3.63) is 65.7 Å². The maximum atomic E-state index is 12.0. The van der Waals surface area contributed by atoms with Crippen LogP contribution in [0.3, 0.4) is 0 Å². The molecule has 0 saturated carbocycles. The number of hydrogen-bond acceptors (Lipinski definition) is 3. The number of halogens is 1. The molecule has 114 valence electrons. The van der Waals surface area contributed by atoms with Crippen molar-refractivity contribution in [1.82, 2.24) is 0 Å². The Hall–Kier alpha value is -2.27. The van der Waals surface area contributed by atoms with E-state index in [4.69, 9.17) is 9.47 Å². The number of para-hydroxylation sites is 2. The van der Waals surface area contributed by atoms with Gasteiger partial charge >= 0.3 is 0 Å². The molecule has 0 unspecified atom stereocenters. The largest absolute Gasteiger partial charge is 0.487 e. The fraction of sp³-hybridized carbons (Fsp3) is 0.118. The summed E-state index contributed by atoms with van der Waals surface area (Å²) in [5.41, 5.74) is 0.605. The number of anilines is 1. The lowest BCUT2D eigenvalue weighted by atomic mass is 10.3. The maximum absolute atomic E-state index is 12.0. The summed E-state index contributed by atoms with van der Waals surface area (Å²) in [6.07, 6.45) is 1.65. The van der Waals surface area contributed by atoms with Crippen LogP contribution >= 0.6 is 15.9 Å². The summed E-state index contributed by atoms with van der Waals surface area (Å²) >= 11 is 3.34.